The average Bonchev–Trinajstić information content (AvgIpc) is 3.18. The lowest BCUT2D eigenvalue weighted by Gasteiger charge is -2.13. The molecular formula is C24H27N3O3S. The summed E-state index contributed by atoms with van der Waals surface area (Å²) in [5.74, 6) is 1.67. The Morgan fingerprint density at radius 1 is 1.03 bits per heavy atom. The van der Waals surface area contributed by atoms with Crippen LogP contribution in [0.25, 0.3) is 11.3 Å². The van der Waals surface area contributed by atoms with E-state index in [4.69, 9.17) is 19.3 Å². The van der Waals surface area contributed by atoms with Crippen molar-refractivity contribution in [3.8, 4) is 28.5 Å². The van der Waals surface area contributed by atoms with Crippen LogP contribution in [0.2, 0.25) is 0 Å². The fourth-order valence-corrected chi connectivity index (χ4v) is 3.83. The molecule has 0 unspecified atom stereocenters. The van der Waals surface area contributed by atoms with Gasteiger partial charge in [0, 0.05) is 16.5 Å². The Morgan fingerprint density at radius 3 is 2.35 bits per heavy atom. The normalized spacial score (nSPS) is 11.7. The van der Waals surface area contributed by atoms with E-state index in [1.807, 2.05) is 23.7 Å². The molecule has 0 aliphatic carbocycles. The quantitative estimate of drug-likeness (QED) is 0.372. The number of nitrogens with zero attached hydrogens (tertiary/aromatic N) is 3. The van der Waals surface area contributed by atoms with Gasteiger partial charge in [0.15, 0.2) is 11.5 Å². The van der Waals surface area contributed by atoms with Crippen LogP contribution in [0.3, 0.4) is 0 Å². The van der Waals surface area contributed by atoms with Crippen LogP contribution >= 0.6 is 11.3 Å². The number of thiazole rings is 1. The first-order valence-corrected chi connectivity index (χ1v) is 10.6. The Hall–Kier alpha value is -3.32. The van der Waals surface area contributed by atoms with Crippen LogP contribution in [0.1, 0.15) is 18.1 Å². The minimum atomic E-state index is 0.523. The highest BCUT2D eigenvalue weighted by Gasteiger charge is 2.15. The first-order chi connectivity index (χ1) is 15.0. The van der Waals surface area contributed by atoms with Gasteiger partial charge in [0.25, 0.3) is 0 Å². The van der Waals surface area contributed by atoms with Crippen molar-refractivity contribution in [1.82, 2.24) is 4.68 Å². The van der Waals surface area contributed by atoms with Gasteiger partial charge in [-0.2, -0.15) is 5.10 Å². The molecule has 0 fully saturated rings. The topological polar surface area (TPSA) is 57.3 Å². The molecule has 0 bridgehead atoms. The number of hydrogen-bond acceptors (Lipinski definition) is 6. The number of aromatic nitrogens is 1. The van der Waals surface area contributed by atoms with Gasteiger partial charge < -0.3 is 14.2 Å². The largest absolute Gasteiger partial charge is 0.493 e. The number of hydrogen-bond donors (Lipinski definition) is 0. The van der Waals surface area contributed by atoms with Crippen molar-refractivity contribution in [2.45, 2.75) is 13.8 Å². The Balaban J connectivity index is 2.12. The van der Waals surface area contributed by atoms with E-state index in [0.717, 1.165) is 27.2 Å². The molecular weight excluding hydrogens is 410 g/mol. The lowest BCUT2D eigenvalue weighted by atomic mass is 10.1. The molecule has 0 aliphatic heterocycles. The molecule has 0 atom stereocenters. The van der Waals surface area contributed by atoms with Crippen molar-refractivity contribution in [2.75, 3.05) is 27.9 Å². The summed E-state index contributed by atoms with van der Waals surface area (Å²) in [7, 11) is 4.77. The fourth-order valence-electron chi connectivity index (χ4n) is 2.99. The third-order valence-corrected chi connectivity index (χ3v) is 5.42. The molecule has 1 heterocycles. The molecule has 2 aromatic carbocycles. The van der Waals surface area contributed by atoms with Crippen molar-refractivity contribution in [1.29, 1.82) is 0 Å². The predicted octanol–water partition coefficient (Wildman–Crippen LogP) is 4.91. The van der Waals surface area contributed by atoms with Crippen LogP contribution in [0.4, 0.5) is 0 Å². The minimum absolute atomic E-state index is 0.523. The molecule has 3 aromatic rings. The van der Waals surface area contributed by atoms with E-state index in [1.54, 1.807) is 38.9 Å². The Morgan fingerprint density at radius 2 is 1.74 bits per heavy atom. The Labute approximate surface area is 186 Å². The highest BCUT2D eigenvalue weighted by Crippen LogP contribution is 2.39. The van der Waals surface area contributed by atoms with Crippen LogP contribution in [0.5, 0.6) is 17.2 Å². The van der Waals surface area contributed by atoms with E-state index in [9.17, 15) is 0 Å². The molecule has 1 aromatic heterocycles. The van der Waals surface area contributed by atoms with Crippen molar-refractivity contribution in [3.05, 3.63) is 69.9 Å². The Bertz CT molecular complexity index is 1160. The van der Waals surface area contributed by atoms with Gasteiger partial charge in [0.1, 0.15) is 0 Å². The smallest absolute Gasteiger partial charge is 0.206 e. The summed E-state index contributed by atoms with van der Waals surface area (Å²) < 4.78 is 18.3. The molecule has 0 radical (unpaired) electrons. The molecule has 0 saturated carbocycles. The number of aryl methyl sites for hydroxylation is 1. The molecule has 0 saturated heterocycles. The lowest BCUT2D eigenvalue weighted by Crippen LogP contribution is -2.13. The maximum atomic E-state index is 5.58. The van der Waals surface area contributed by atoms with Crippen molar-refractivity contribution < 1.29 is 14.2 Å². The number of ether oxygens (including phenoxy) is 3. The second kappa shape index (κ2) is 10.1. The van der Waals surface area contributed by atoms with E-state index in [1.165, 1.54) is 5.56 Å². The molecule has 0 amide bonds. The van der Waals surface area contributed by atoms with Gasteiger partial charge in [-0.15, -0.1) is 11.3 Å². The van der Waals surface area contributed by atoms with E-state index >= 15 is 0 Å². The molecule has 3 rings (SSSR count). The van der Waals surface area contributed by atoms with Gasteiger partial charge in [-0.1, -0.05) is 42.0 Å². The summed E-state index contributed by atoms with van der Waals surface area (Å²) in [5, 5.41) is 6.82. The average molecular weight is 438 g/mol. The molecule has 0 N–H and O–H groups in total. The van der Waals surface area contributed by atoms with E-state index in [2.05, 4.69) is 48.1 Å². The zero-order valence-electron chi connectivity index (χ0n) is 18.5. The highest BCUT2D eigenvalue weighted by molar-refractivity contribution is 7.07. The molecule has 162 valence electrons. The van der Waals surface area contributed by atoms with Crippen LogP contribution < -0.4 is 19.0 Å². The number of methoxy groups -OCH3 is 3. The second-order valence-electron chi connectivity index (χ2n) is 7.02. The number of rotatable bonds is 8. The van der Waals surface area contributed by atoms with Crippen molar-refractivity contribution >= 4 is 17.6 Å². The van der Waals surface area contributed by atoms with Gasteiger partial charge in [0.05, 0.1) is 39.8 Å². The summed E-state index contributed by atoms with van der Waals surface area (Å²) >= 11 is 1.54. The number of benzene rings is 2. The summed E-state index contributed by atoms with van der Waals surface area (Å²) in [5.41, 5.74) is 4.98. The van der Waals surface area contributed by atoms with Gasteiger partial charge in [-0.05, 0) is 26.0 Å². The third-order valence-electron chi connectivity index (χ3n) is 4.56. The van der Waals surface area contributed by atoms with Crippen LogP contribution in [0.15, 0.2) is 64.0 Å². The summed E-state index contributed by atoms with van der Waals surface area (Å²) in [6, 6.07) is 12.1. The maximum absolute atomic E-state index is 5.58. The van der Waals surface area contributed by atoms with Crippen LogP contribution in [0, 0.1) is 6.92 Å². The van der Waals surface area contributed by atoms with Crippen LogP contribution in [-0.4, -0.2) is 38.8 Å². The molecule has 0 spiro atoms. The van der Waals surface area contributed by atoms with Crippen molar-refractivity contribution in [2.24, 2.45) is 10.1 Å². The summed E-state index contributed by atoms with van der Waals surface area (Å²) in [6.07, 6.45) is 1.74. The lowest BCUT2D eigenvalue weighted by molar-refractivity contribution is 0.324. The highest BCUT2D eigenvalue weighted by atomic mass is 32.1. The zero-order valence-corrected chi connectivity index (χ0v) is 19.3. The third kappa shape index (κ3) is 5.06. The SMILES string of the molecule is C=C(C)CN=c1scc(-c2ccc(C)cc2)n1N=Cc1ccc(OC)c(OC)c1OC. The Kier molecular flexibility index (Phi) is 7.31. The van der Waals surface area contributed by atoms with E-state index in [0.29, 0.717) is 23.8 Å². The molecule has 7 heteroatoms. The first-order valence-electron chi connectivity index (χ1n) is 9.74. The molecule has 6 nitrogen and oxygen atoms in total. The van der Waals surface area contributed by atoms with Gasteiger partial charge >= 0.3 is 0 Å². The molecule has 0 aliphatic rings. The predicted molar refractivity (Wildman–Crippen MR) is 127 cm³/mol. The fraction of sp³-hybridized carbons (Fsp3) is 0.250. The van der Waals surface area contributed by atoms with E-state index < -0.39 is 0 Å². The first kappa shape index (κ1) is 22.4. The second-order valence-corrected chi connectivity index (χ2v) is 7.86. The maximum Gasteiger partial charge on any atom is 0.206 e. The van der Waals surface area contributed by atoms with Crippen molar-refractivity contribution in [3.63, 3.8) is 0 Å². The monoisotopic (exact) mass is 437 g/mol. The standard InChI is InChI=1S/C24H27N3O3S/c1-16(2)13-25-24-27(20(15-31-24)18-9-7-17(3)8-10-18)26-14-19-11-12-21(28-4)23(30-6)22(19)29-5/h7-12,14-15H,1,13H2,2-6H3. The van der Waals surface area contributed by atoms with Gasteiger partial charge in [0.2, 0.25) is 10.6 Å². The van der Waals surface area contributed by atoms with Gasteiger partial charge in [-0.25, -0.2) is 4.68 Å². The summed E-state index contributed by atoms with van der Waals surface area (Å²) in [4.78, 5) is 5.46. The molecule has 31 heavy (non-hydrogen) atoms. The van der Waals surface area contributed by atoms with E-state index in [-0.39, 0.29) is 0 Å². The summed E-state index contributed by atoms with van der Waals surface area (Å²) in [6.45, 7) is 8.52. The van der Waals surface area contributed by atoms with Crippen LogP contribution in [-0.2, 0) is 0 Å². The minimum Gasteiger partial charge on any atom is -0.493 e. The zero-order chi connectivity index (χ0) is 22.4. The van der Waals surface area contributed by atoms with Gasteiger partial charge in [-0.3, -0.25) is 4.99 Å².